The summed E-state index contributed by atoms with van der Waals surface area (Å²) in [5.41, 5.74) is 19.4. The molecule has 10 aromatic rings. The number of hydrogen-bond donors (Lipinski definition) is 0. The Morgan fingerprint density at radius 1 is 0.356 bits per heavy atom. The number of para-hydroxylation sites is 2. The van der Waals surface area contributed by atoms with Crippen molar-refractivity contribution in [2.45, 2.75) is 19.3 Å². The Labute approximate surface area is 345 Å². The molecule has 1 aromatic heterocycles. The highest BCUT2D eigenvalue weighted by atomic mass is 15.1. The van der Waals surface area contributed by atoms with Crippen LogP contribution in [0.1, 0.15) is 25.0 Å². The van der Waals surface area contributed by atoms with E-state index in [2.05, 4.69) is 242 Å². The molecule has 0 radical (unpaired) electrons. The van der Waals surface area contributed by atoms with Crippen molar-refractivity contribution in [3.63, 3.8) is 0 Å². The lowest BCUT2D eigenvalue weighted by atomic mass is 9.82. The average Bonchev–Trinajstić information content (AvgIpc) is 3.75. The van der Waals surface area contributed by atoms with Crippen molar-refractivity contribution in [3.05, 3.63) is 230 Å². The minimum absolute atomic E-state index is 0.133. The molecule has 9 aromatic carbocycles. The van der Waals surface area contributed by atoms with Crippen LogP contribution >= 0.6 is 0 Å². The molecule has 59 heavy (non-hydrogen) atoms. The SMILES string of the molecule is CC1(C)c2ccc(N(c3ccc(-c4ccc(-c5ccccc5)cc4)cc3)c3ccc4c5ccccc5n(-c5ccccc5)c4c3)cc2-c2c(-c3ccccc3)cccc21. The Balaban J connectivity index is 1.09. The maximum atomic E-state index is 2.44. The monoisotopic (exact) mass is 754 g/mol. The topological polar surface area (TPSA) is 8.17 Å². The molecular formula is C57H42N2. The van der Waals surface area contributed by atoms with E-state index in [0.29, 0.717) is 0 Å². The lowest BCUT2D eigenvalue weighted by Crippen LogP contribution is -2.15. The highest BCUT2D eigenvalue weighted by Gasteiger charge is 2.37. The second-order valence-electron chi connectivity index (χ2n) is 16.2. The lowest BCUT2D eigenvalue weighted by Gasteiger charge is -2.27. The summed E-state index contributed by atoms with van der Waals surface area (Å²) >= 11 is 0. The molecule has 0 N–H and O–H groups in total. The van der Waals surface area contributed by atoms with E-state index in [-0.39, 0.29) is 5.41 Å². The Kier molecular flexibility index (Phi) is 8.20. The summed E-state index contributed by atoms with van der Waals surface area (Å²) in [5, 5.41) is 2.48. The van der Waals surface area contributed by atoms with E-state index < -0.39 is 0 Å². The van der Waals surface area contributed by atoms with Gasteiger partial charge in [-0.1, -0.05) is 178 Å². The van der Waals surface area contributed by atoms with Crippen LogP contribution < -0.4 is 4.90 Å². The molecule has 2 nitrogen and oxygen atoms in total. The predicted molar refractivity (Wildman–Crippen MR) is 249 cm³/mol. The fourth-order valence-electron chi connectivity index (χ4n) is 9.48. The predicted octanol–water partition coefficient (Wildman–Crippen LogP) is 15.6. The molecule has 1 aliphatic rings. The van der Waals surface area contributed by atoms with Crippen LogP contribution in [0, 0.1) is 0 Å². The molecule has 0 atom stereocenters. The molecule has 0 spiro atoms. The summed E-state index contributed by atoms with van der Waals surface area (Å²) in [6, 6.07) is 79.8. The first-order valence-electron chi connectivity index (χ1n) is 20.5. The molecule has 2 heteroatoms. The fourth-order valence-corrected chi connectivity index (χ4v) is 9.48. The summed E-state index contributed by atoms with van der Waals surface area (Å²) in [7, 11) is 0. The first-order valence-corrected chi connectivity index (χ1v) is 20.5. The Morgan fingerprint density at radius 2 is 0.881 bits per heavy atom. The third kappa shape index (κ3) is 5.79. The zero-order valence-electron chi connectivity index (χ0n) is 33.2. The number of anilines is 3. The maximum absolute atomic E-state index is 2.44. The molecule has 0 saturated heterocycles. The van der Waals surface area contributed by atoms with Gasteiger partial charge in [0.2, 0.25) is 0 Å². The van der Waals surface area contributed by atoms with Gasteiger partial charge < -0.3 is 9.47 Å². The van der Waals surface area contributed by atoms with Gasteiger partial charge in [0.05, 0.1) is 11.0 Å². The van der Waals surface area contributed by atoms with Crippen molar-refractivity contribution in [2.75, 3.05) is 4.90 Å². The Hall–Kier alpha value is -7.42. The first kappa shape index (κ1) is 34.8. The zero-order chi connectivity index (χ0) is 39.5. The Morgan fingerprint density at radius 3 is 1.58 bits per heavy atom. The molecule has 11 rings (SSSR count). The van der Waals surface area contributed by atoms with Gasteiger partial charge in [-0.3, -0.25) is 0 Å². The number of aromatic nitrogens is 1. The van der Waals surface area contributed by atoms with E-state index in [4.69, 9.17) is 0 Å². The van der Waals surface area contributed by atoms with E-state index in [9.17, 15) is 0 Å². The molecule has 1 heterocycles. The third-order valence-electron chi connectivity index (χ3n) is 12.4. The van der Waals surface area contributed by atoms with Crippen molar-refractivity contribution in [3.8, 4) is 50.2 Å². The molecule has 0 fully saturated rings. The number of hydrogen-bond acceptors (Lipinski definition) is 1. The normalized spacial score (nSPS) is 12.7. The lowest BCUT2D eigenvalue weighted by molar-refractivity contribution is 0.660. The standard InChI is InChI=1S/C57H42N2/c1-57(2)52-36-34-46(37-51(52)56-48(22-14-23-53(56)57)43-17-8-4-9-18-43)58(45-31-29-42(30-32-45)41-27-25-40(26-28-41)39-15-6-3-7-16-39)47-33-35-50-49-21-12-13-24-54(49)59(55(50)38-47)44-19-10-5-11-20-44/h3-38H,1-2H3. The van der Waals surface area contributed by atoms with Crippen LogP contribution in [0.25, 0.3) is 72.0 Å². The fraction of sp³-hybridized carbons (Fsp3) is 0.0526. The largest absolute Gasteiger partial charge is 0.310 e. The minimum atomic E-state index is -0.133. The van der Waals surface area contributed by atoms with Gasteiger partial charge in [0.25, 0.3) is 0 Å². The average molecular weight is 755 g/mol. The van der Waals surface area contributed by atoms with Gasteiger partial charge in [-0.25, -0.2) is 0 Å². The van der Waals surface area contributed by atoms with Gasteiger partial charge in [-0.2, -0.15) is 0 Å². The minimum Gasteiger partial charge on any atom is -0.310 e. The van der Waals surface area contributed by atoms with Crippen LogP contribution in [0.4, 0.5) is 17.1 Å². The van der Waals surface area contributed by atoms with Gasteiger partial charge in [-0.05, 0) is 110 Å². The number of benzene rings is 9. The van der Waals surface area contributed by atoms with Crippen LogP contribution in [0.3, 0.4) is 0 Å². The highest BCUT2D eigenvalue weighted by molar-refractivity contribution is 6.10. The Bertz CT molecular complexity index is 3140. The van der Waals surface area contributed by atoms with E-state index >= 15 is 0 Å². The molecule has 0 saturated carbocycles. The molecule has 0 bridgehead atoms. The maximum Gasteiger partial charge on any atom is 0.0561 e. The number of fused-ring (bicyclic) bond motifs is 6. The second-order valence-corrected chi connectivity index (χ2v) is 16.2. The van der Waals surface area contributed by atoms with Crippen molar-refractivity contribution < 1.29 is 0 Å². The summed E-state index contributed by atoms with van der Waals surface area (Å²) in [4.78, 5) is 2.44. The summed E-state index contributed by atoms with van der Waals surface area (Å²) in [5.74, 6) is 0. The van der Waals surface area contributed by atoms with Crippen LogP contribution in [0.5, 0.6) is 0 Å². The molecule has 280 valence electrons. The van der Waals surface area contributed by atoms with Crippen LogP contribution in [0.15, 0.2) is 218 Å². The molecule has 1 aliphatic carbocycles. The summed E-state index contributed by atoms with van der Waals surface area (Å²) in [6.45, 7) is 4.73. The van der Waals surface area contributed by atoms with Crippen molar-refractivity contribution in [1.82, 2.24) is 4.57 Å². The van der Waals surface area contributed by atoms with E-state index in [0.717, 1.165) is 22.7 Å². The van der Waals surface area contributed by atoms with Crippen LogP contribution in [-0.2, 0) is 5.41 Å². The van der Waals surface area contributed by atoms with Gasteiger partial charge in [0, 0.05) is 38.9 Å². The van der Waals surface area contributed by atoms with Gasteiger partial charge in [0.15, 0.2) is 0 Å². The zero-order valence-corrected chi connectivity index (χ0v) is 33.2. The summed E-state index contributed by atoms with van der Waals surface area (Å²) < 4.78 is 2.40. The van der Waals surface area contributed by atoms with Gasteiger partial charge in [-0.15, -0.1) is 0 Å². The molecule has 0 aliphatic heterocycles. The van der Waals surface area contributed by atoms with Crippen molar-refractivity contribution in [2.24, 2.45) is 0 Å². The van der Waals surface area contributed by atoms with Gasteiger partial charge in [0.1, 0.15) is 0 Å². The van der Waals surface area contributed by atoms with Crippen molar-refractivity contribution >= 4 is 38.9 Å². The molecular weight excluding hydrogens is 713 g/mol. The van der Waals surface area contributed by atoms with E-state index in [1.165, 1.54) is 77.4 Å². The quantitative estimate of drug-likeness (QED) is 0.157. The number of rotatable bonds is 7. The highest BCUT2D eigenvalue weighted by Crippen LogP contribution is 2.54. The van der Waals surface area contributed by atoms with Crippen molar-refractivity contribution in [1.29, 1.82) is 0 Å². The summed E-state index contributed by atoms with van der Waals surface area (Å²) in [6.07, 6.45) is 0. The smallest absolute Gasteiger partial charge is 0.0561 e. The molecule has 0 unspecified atom stereocenters. The van der Waals surface area contributed by atoms with E-state index in [1.807, 2.05) is 0 Å². The van der Waals surface area contributed by atoms with Crippen LogP contribution in [0.2, 0.25) is 0 Å². The number of nitrogens with zero attached hydrogens (tertiary/aromatic N) is 2. The molecule has 0 amide bonds. The third-order valence-corrected chi connectivity index (χ3v) is 12.4. The van der Waals surface area contributed by atoms with Gasteiger partial charge >= 0.3 is 0 Å². The second kappa shape index (κ2) is 13.9. The van der Waals surface area contributed by atoms with Crippen LogP contribution in [-0.4, -0.2) is 4.57 Å². The van der Waals surface area contributed by atoms with E-state index in [1.54, 1.807) is 0 Å². The first-order chi connectivity index (χ1) is 29.0.